The molecule has 9 heteroatoms. The average Bonchev–Trinajstić information content (AvgIpc) is 3.35. The van der Waals surface area contributed by atoms with Crippen LogP contribution in [0, 0.1) is 0 Å². The second-order valence-corrected chi connectivity index (χ2v) is 6.93. The van der Waals surface area contributed by atoms with Crippen molar-refractivity contribution in [1.29, 1.82) is 0 Å². The van der Waals surface area contributed by atoms with Crippen LogP contribution in [-0.4, -0.2) is 34.8 Å². The molecular formula is C19H23ClN6O2. The van der Waals surface area contributed by atoms with E-state index in [0.29, 0.717) is 48.1 Å². The Balaban J connectivity index is 1.46. The number of guanidine groups is 1. The summed E-state index contributed by atoms with van der Waals surface area (Å²) >= 11 is 5.90. The molecule has 0 spiro atoms. The predicted octanol–water partition coefficient (Wildman–Crippen LogP) is 3.41. The van der Waals surface area contributed by atoms with Crippen molar-refractivity contribution in [3.05, 3.63) is 52.7 Å². The van der Waals surface area contributed by atoms with Gasteiger partial charge in [-0.15, -0.1) is 0 Å². The van der Waals surface area contributed by atoms with Crippen LogP contribution in [0.1, 0.15) is 37.1 Å². The molecule has 0 aliphatic carbocycles. The van der Waals surface area contributed by atoms with Gasteiger partial charge in [0.2, 0.25) is 11.7 Å². The molecule has 8 nitrogen and oxygen atoms in total. The van der Waals surface area contributed by atoms with Gasteiger partial charge in [-0.25, -0.2) is 0 Å². The Hall–Kier alpha value is -2.87. The summed E-state index contributed by atoms with van der Waals surface area (Å²) in [7, 11) is 1.71. The van der Waals surface area contributed by atoms with Crippen molar-refractivity contribution in [2.24, 2.45) is 4.99 Å². The summed E-state index contributed by atoms with van der Waals surface area (Å²) in [4.78, 5) is 8.59. The highest BCUT2D eigenvalue weighted by atomic mass is 35.5. The molecular weight excluding hydrogens is 380 g/mol. The average molecular weight is 403 g/mol. The number of aliphatic imine (C=N–C) groups is 1. The standard InChI is InChI=1S/C19H23ClN6O2/c1-12(2)16-10-15(27-25-16)11-23-19(21-3)22-9-8-17-24-18(26-28-17)13-4-6-14(20)7-5-13/h4-7,10,12H,8-9,11H2,1-3H3,(H2,21,22,23). The Morgan fingerprint density at radius 3 is 2.61 bits per heavy atom. The zero-order valence-corrected chi connectivity index (χ0v) is 16.8. The second kappa shape index (κ2) is 9.36. The smallest absolute Gasteiger partial charge is 0.228 e. The van der Waals surface area contributed by atoms with Crippen LogP contribution in [0.15, 0.2) is 44.4 Å². The van der Waals surface area contributed by atoms with Crippen molar-refractivity contribution >= 4 is 17.6 Å². The van der Waals surface area contributed by atoms with E-state index < -0.39 is 0 Å². The molecule has 0 aliphatic heterocycles. The van der Waals surface area contributed by atoms with Gasteiger partial charge in [-0.1, -0.05) is 35.8 Å². The Labute approximate surface area is 168 Å². The molecule has 0 fully saturated rings. The first-order valence-electron chi connectivity index (χ1n) is 9.03. The zero-order chi connectivity index (χ0) is 19.9. The molecule has 1 aromatic carbocycles. The summed E-state index contributed by atoms with van der Waals surface area (Å²) in [6.07, 6.45) is 0.571. The second-order valence-electron chi connectivity index (χ2n) is 6.49. The zero-order valence-electron chi connectivity index (χ0n) is 16.1. The minimum atomic E-state index is 0.335. The Morgan fingerprint density at radius 2 is 1.93 bits per heavy atom. The highest BCUT2D eigenvalue weighted by Crippen LogP contribution is 2.18. The van der Waals surface area contributed by atoms with Gasteiger partial charge in [0, 0.05) is 36.7 Å². The molecule has 0 radical (unpaired) electrons. The van der Waals surface area contributed by atoms with E-state index in [1.165, 1.54) is 0 Å². The molecule has 3 rings (SSSR count). The minimum Gasteiger partial charge on any atom is -0.359 e. The summed E-state index contributed by atoms with van der Waals surface area (Å²) in [6.45, 7) is 5.24. The molecule has 0 aliphatic rings. The van der Waals surface area contributed by atoms with E-state index in [-0.39, 0.29) is 0 Å². The number of nitrogens with zero attached hydrogens (tertiary/aromatic N) is 4. The summed E-state index contributed by atoms with van der Waals surface area (Å²) in [6, 6.07) is 9.25. The first-order valence-corrected chi connectivity index (χ1v) is 9.41. The van der Waals surface area contributed by atoms with Gasteiger partial charge in [0.25, 0.3) is 0 Å². The highest BCUT2D eigenvalue weighted by Gasteiger charge is 2.10. The molecule has 0 unspecified atom stereocenters. The van der Waals surface area contributed by atoms with E-state index >= 15 is 0 Å². The summed E-state index contributed by atoms with van der Waals surface area (Å²) < 4.78 is 10.6. The van der Waals surface area contributed by atoms with Crippen molar-refractivity contribution in [3.8, 4) is 11.4 Å². The highest BCUT2D eigenvalue weighted by molar-refractivity contribution is 6.30. The van der Waals surface area contributed by atoms with Crippen molar-refractivity contribution in [1.82, 2.24) is 25.9 Å². The summed E-state index contributed by atoms with van der Waals surface area (Å²) in [5.74, 6) is 2.84. The fourth-order valence-electron chi connectivity index (χ4n) is 2.44. The van der Waals surface area contributed by atoms with Gasteiger partial charge in [0.05, 0.1) is 12.2 Å². The lowest BCUT2D eigenvalue weighted by atomic mass is 10.1. The summed E-state index contributed by atoms with van der Waals surface area (Å²) in [5.41, 5.74) is 1.80. The van der Waals surface area contributed by atoms with Gasteiger partial charge in [-0.05, 0) is 30.2 Å². The van der Waals surface area contributed by atoms with Crippen LogP contribution in [0.3, 0.4) is 0 Å². The Bertz CT molecular complexity index is 917. The van der Waals surface area contributed by atoms with E-state index in [9.17, 15) is 0 Å². The minimum absolute atomic E-state index is 0.335. The lowest BCUT2D eigenvalue weighted by Gasteiger charge is -2.09. The first kappa shape index (κ1) is 19.9. The fraction of sp³-hybridized carbons (Fsp3) is 0.368. The van der Waals surface area contributed by atoms with E-state index in [2.05, 4.69) is 44.8 Å². The van der Waals surface area contributed by atoms with Crippen molar-refractivity contribution in [2.75, 3.05) is 13.6 Å². The molecule has 28 heavy (non-hydrogen) atoms. The third-order valence-electron chi connectivity index (χ3n) is 4.02. The Morgan fingerprint density at radius 1 is 1.14 bits per heavy atom. The largest absolute Gasteiger partial charge is 0.359 e. The predicted molar refractivity (Wildman–Crippen MR) is 107 cm³/mol. The molecule has 0 atom stereocenters. The topological polar surface area (TPSA) is 101 Å². The van der Waals surface area contributed by atoms with Gasteiger partial charge in [0.1, 0.15) is 0 Å². The van der Waals surface area contributed by atoms with Crippen molar-refractivity contribution < 1.29 is 9.05 Å². The van der Waals surface area contributed by atoms with Crippen LogP contribution in [0.4, 0.5) is 0 Å². The van der Waals surface area contributed by atoms with E-state index in [0.717, 1.165) is 17.0 Å². The van der Waals surface area contributed by atoms with Crippen LogP contribution >= 0.6 is 11.6 Å². The normalized spacial score (nSPS) is 11.8. The third kappa shape index (κ3) is 5.32. The number of hydrogen-bond acceptors (Lipinski definition) is 6. The number of aromatic nitrogens is 3. The molecule has 0 bridgehead atoms. The van der Waals surface area contributed by atoms with Crippen molar-refractivity contribution in [3.63, 3.8) is 0 Å². The van der Waals surface area contributed by atoms with Gasteiger partial charge in [0.15, 0.2) is 11.7 Å². The molecule has 2 heterocycles. The number of halogens is 1. The summed E-state index contributed by atoms with van der Waals surface area (Å²) in [5, 5.41) is 15.1. The monoisotopic (exact) mass is 402 g/mol. The maximum atomic E-state index is 5.90. The Kier molecular flexibility index (Phi) is 6.65. The van der Waals surface area contributed by atoms with Gasteiger partial charge >= 0.3 is 0 Å². The quantitative estimate of drug-likeness (QED) is 0.461. The number of nitrogens with one attached hydrogen (secondary N) is 2. The lowest BCUT2D eigenvalue weighted by molar-refractivity contribution is 0.371. The van der Waals surface area contributed by atoms with Crippen LogP contribution in [0.25, 0.3) is 11.4 Å². The van der Waals surface area contributed by atoms with Crippen molar-refractivity contribution in [2.45, 2.75) is 32.7 Å². The molecule has 2 aromatic heterocycles. The molecule has 3 aromatic rings. The molecule has 0 amide bonds. The van der Waals surface area contributed by atoms with Crippen LogP contribution in [-0.2, 0) is 13.0 Å². The number of hydrogen-bond donors (Lipinski definition) is 2. The van der Waals surface area contributed by atoms with E-state index in [4.69, 9.17) is 20.6 Å². The third-order valence-corrected chi connectivity index (χ3v) is 4.28. The number of rotatable bonds is 7. The maximum absolute atomic E-state index is 5.90. The maximum Gasteiger partial charge on any atom is 0.228 e. The van der Waals surface area contributed by atoms with E-state index in [1.807, 2.05) is 18.2 Å². The SMILES string of the molecule is CN=C(NCCc1nc(-c2ccc(Cl)cc2)no1)NCc1cc(C(C)C)no1. The fourth-order valence-corrected chi connectivity index (χ4v) is 2.56. The van der Waals surface area contributed by atoms with Crippen LogP contribution in [0.5, 0.6) is 0 Å². The van der Waals surface area contributed by atoms with Gasteiger partial charge < -0.3 is 19.7 Å². The first-order chi connectivity index (χ1) is 13.5. The molecule has 0 saturated carbocycles. The number of benzene rings is 1. The van der Waals surface area contributed by atoms with Gasteiger partial charge in [-0.2, -0.15) is 4.98 Å². The molecule has 148 valence electrons. The van der Waals surface area contributed by atoms with Crippen LogP contribution < -0.4 is 10.6 Å². The lowest BCUT2D eigenvalue weighted by Crippen LogP contribution is -2.37. The van der Waals surface area contributed by atoms with Gasteiger partial charge in [-0.3, -0.25) is 4.99 Å². The van der Waals surface area contributed by atoms with E-state index in [1.54, 1.807) is 19.2 Å². The molecule has 0 saturated heterocycles. The molecule has 2 N–H and O–H groups in total. The van der Waals surface area contributed by atoms with Crippen LogP contribution in [0.2, 0.25) is 5.02 Å².